The van der Waals surface area contributed by atoms with E-state index in [0.29, 0.717) is 6.29 Å². The molecule has 0 aliphatic heterocycles. The third-order valence-electron chi connectivity index (χ3n) is 3.69. The summed E-state index contributed by atoms with van der Waals surface area (Å²) in [6, 6.07) is 10.6. The quantitative estimate of drug-likeness (QED) is 0.634. The van der Waals surface area contributed by atoms with Crippen molar-refractivity contribution in [2.45, 2.75) is 11.1 Å². The van der Waals surface area contributed by atoms with Crippen LogP contribution in [0.4, 0.5) is 13.2 Å². The highest BCUT2D eigenvalue weighted by Gasteiger charge is 2.35. The number of ether oxygens (including phenoxy) is 1. The van der Waals surface area contributed by atoms with Crippen LogP contribution in [0.15, 0.2) is 63.9 Å². The van der Waals surface area contributed by atoms with Gasteiger partial charge in [0.05, 0.1) is 10.5 Å². The predicted molar refractivity (Wildman–Crippen MR) is 92.4 cm³/mol. The van der Waals surface area contributed by atoms with Crippen LogP contribution in [0, 0.1) is 0 Å². The maximum absolute atomic E-state index is 13.5. The molecule has 28 heavy (non-hydrogen) atoms. The molecule has 0 aliphatic rings. The molecular weight excluding hydrogens is 399 g/mol. The van der Waals surface area contributed by atoms with Crippen molar-refractivity contribution < 1.29 is 35.5 Å². The Morgan fingerprint density at radius 2 is 1.68 bits per heavy atom. The average Bonchev–Trinajstić information content (AvgIpc) is 3.10. The van der Waals surface area contributed by atoms with E-state index in [1.54, 1.807) is 0 Å². The molecule has 0 saturated carbocycles. The molecule has 0 saturated heterocycles. The molecule has 0 amide bonds. The zero-order valence-corrected chi connectivity index (χ0v) is 14.8. The highest BCUT2D eigenvalue weighted by molar-refractivity contribution is 7.89. The van der Waals surface area contributed by atoms with Gasteiger partial charge in [-0.25, -0.2) is 13.6 Å². The van der Waals surface area contributed by atoms with Gasteiger partial charge in [-0.2, -0.15) is 13.2 Å². The number of furan rings is 1. The summed E-state index contributed by atoms with van der Waals surface area (Å²) in [6.45, 7) is 0. The summed E-state index contributed by atoms with van der Waals surface area (Å²) in [5.74, 6) is -0.413. The third-order valence-corrected chi connectivity index (χ3v) is 4.62. The third kappa shape index (κ3) is 4.24. The van der Waals surface area contributed by atoms with Crippen LogP contribution in [0.5, 0.6) is 11.5 Å². The van der Waals surface area contributed by atoms with Gasteiger partial charge < -0.3 is 9.15 Å². The molecule has 2 N–H and O–H groups in total. The smallest absolute Gasteiger partial charge is 0.420 e. The molecule has 1 aromatic heterocycles. The molecular formula is C18H12F3NO5S. The predicted octanol–water partition coefficient (Wildman–Crippen LogP) is 4.22. The molecule has 6 nitrogen and oxygen atoms in total. The number of hydrogen-bond acceptors (Lipinski definition) is 5. The standard InChI is InChI=1S/C18H12F3NO5S/c19-18(20,21)15-9-11(16-8-4-13(10-23)27-16)1-7-17(15)26-12-2-5-14(6-3-12)28(22,24)25/h1-10H,(H2,22,24,25). The summed E-state index contributed by atoms with van der Waals surface area (Å²) in [6.07, 6.45) is -4.29. The number of sulfonamides is 1. The Bertz CT molecular complexity index is 1120. The molecule has 0 bridgehead atoms. The Balaban J connectivity index is 1.97. The van der Waals surface area contributed by atoms with Gasteiger partial charge in [0.2, 0.25) is 10.0 Å². The van der Waals surface area contributed by atoms with E-state index in [0.717, 1.165) is 24.3 Å². The van der Waals surface area contributed by atoms with Crippen molar-refractivity contribution in [3.63, 3.8) is 0 Å². The minimum absolute atomic E-state index is 0.00751. The first kappa shape index (κ1) is 19.6. The highest BCUT2D eigenvalue weighted by atomic mass is 32.2. The second-order valence-corrected chi connectivity index (χ2v) is 7.21. The van der Waals surface area contributed by atoms with Gasteiger partial charge in [-0.05, 0) is 54.6 Å². The number of benzene rings is 2. The lowest BCUT2D eigenvalue weighted by Gasteiger charge is -2.15. The Labute approximate surface area is 157 Å². The molecule has 0 atom stereocenters. The average molecular weight is 411 g/mol. The van der Waals surface area contributed by atoms with E-state index in [-0.39, 0.29) is 27.7 Å². The van der Waals surface area contributed by atoms with Gasteiger partial charge in [0.15, 0.2) is 12.0 Å². The van der Waals surface area contributed by atoms with Gasteiger partial charge in [-0.1, -0.05) is 0 Å². The van der Waals surface area contributed by atoms with E-state index in [1.165, 1.54) is 30.3 Å². The summed E-state index contributed by atoms with van der Waals surface area (Å²) < 4.78 is 73.3. The number of halogens is 3. The number of carbonyl (C=O) groups is 1. The van der Waals surface area contributed by atoms with Crippen LogP contribution in [0.25, 0.3) is 11.3 Å². The van der Waals surface area contributed by atoms with Crippen molar-refractivity contribution in [2.24, 2.45) is 5.14 Å². The SMILES string of the molecule is NS(=O)(=O)c1ccc(Oc2ccc(-c3ccc(C=O)o3)cc2C(F)(F)F)cc1. The lowest BCUT2D eigenvalue weighted by molar-refractivity contribution is -0.138. The van der Waals surface area contributed by atoms with Crippen molar-refractivity contribution in [3.05, 3.63) is 65.9 Å². The topological polar surface area (TPSA) is 99.6 Å². The van der Waals surface area contributed by atoms with Crippen molar-refractivity contribution >= 4 is 16.3 Å². The van der Waals surface area contributed by atoms with Gasteiger partial charge in [0.25, 0.3) is 0 Å². The first-order chi connectivity index (χ1) is 13.1. The van der Waals surface area contributed by atoms with Crippen LogP contribution in [-0.2, 0) is 16.2 Å². The molecule has 146 valence electrons. The fourth-order valence-corrected chi connectivity index (χ4v) is 2.90. The number of primary sulfonamides is 1. The maximum Gasteiger partial charge on any atom is 0.420 e. The van der Waals surface area contributed by atoms with E-state index < -0.39 is 27.5 Å². The Morgan fingerprint density at radius 1 is 1.00 bits per heavy atom. The molecule has 3 rings (SSSR count). The minimum Gasteiger partial charge on any atom is -0.457 e. The fraction of sp³-hybridized carbons (Fsp3) is 0.0556. The number of nitrogens with two attached hydrogens (primary N) is 1. The Morgan fingerprint density at radius 3 is 2.21 bits per heavy atom. The monoisotopic (exact) mass is 411 g/mol. The zero-order valence-electron chi connectivity index (χ0n) is 13.9. The van der Waals surface area contributed by atoms with Crippen LogP contribution in [-0.4, -0.2) is 14.7 Å². The first-order valence-corrected chi connectivity index (χ1v) is 9.20. The van der Waals surface area contributed by atoms with Crippen molar-refractivity contribution in [1.82, 2.24) is 0 Å². The van der Waals surface area contributed by atoms with Crippen molar-refractivity contribution in [1.29, 1.82) is 0 Å². The number of alkyl halides is 3. The summed E-state index contributed by atoms with van der Waals surface area (Å²) in [5.41, 5.74) is -0.957. The lowest BCUT2D eigenvalue weighted by atomic mass is 10.1. The van der Waals surface area contributed by atoms with Crippen LogP contribution in [0.3, 0.4) is 0 Å². The molecule has 0 radical (unpaired) electrons. The van der Waals surface area contributed by atoms with Crippen molar-refractivity contribution in [3.8, 4) is 22.8 Å². The van der Waals surface area contributed by atoms with E-state index >= 15 is 0 Å². The largest absolute Gasteiger partial charge is 0.457 e. The van der Waals surface area contributed by atoms with E-state index in [4.69, 9.17) is 14.3 Å². The number of rotatable bonds is 5. The van der Waals surface area contributed by atoms with Crippen LogP contribution < -0.4 is 9.88 Å². The second-order valence-electron chi connectivity index (χ2n) is 5.65. The molecule has 0 unspecified atom stereocenters. The van der Waals surface area contributed by atoms with Crippen molar-refractivity contribution in [2.75, 3.05) is 0 Å². The van der Waals surface area contributed by atoms with Gasteiger partial charge in [0.1, 0.15) is 17.3 Å². The van der Waals surface area contributed by atoms with E-state index in [2.05, 4.69) is 0 Å². The van der Waals surface area contributed by atoms with Gasteiger partial charge in [-0.3, -0.25) is 4.79 Å². The molecule has 0 spiro atoms. The number of hydrogen-bond donors (Lipinski definition) is 1. The summed E-state index contributed by atoms with van der Waals surface area (Å²) in [4.78, 5) is 10.5. The Hall–Kier alpha value is -3.11. The maximum atomic E-state index is 13.5. The lowest BCUT2D eigenvalue weighted by Crippen LogP contribution is -2.11. The number of aldehydes is 1. The molecule has 0 aliphatic carbocycles. The zero-order chi connectivity index (χ0) is 20.5. The normalized spacial score (nSPS) is 12.0. The summed E-state index contributed by atoms with van der Waals surface area (Å²) in [5, 5.41) is 4.98. The van der Waals surface area contributed by atoms with Crippen LogP contribution in [0.1, 0.15) is 16.1 Å². The molecule has 0 fully saturated rings. The van der Waals surface area contributed by atoms with Gasteiger partial charge in [-0.15, -0.1) is 0 Å². The molecule has 2 aromatic carbocycles. The number of carbonyl (C=O) groups excluding carboxylic acids is 1. The summed E-state index contributed by atoms with van der Waals surface area (Å²) >= 11 is 0. The van der Waals surface area contributed by atoms with Gasteiger partial charge >= 0.3 is 6.18 Å². The molecule has 3 aromatic rings. The van der Waals surface area contributed by atoms with Gasteiger partial charge in [0, 0.05) is 5.56 Å². The molecule has 10 heteroatoms. The summed E-state index contributed by atoms with van der Waals surface area (Å²) in [7, 11) is -3.93. The van der Waals surface area contributed by atoms with Crippen LogP contribution >= 0.6 is 0 Å². The van der Waals surface area contributed by atoms with E-state index in [9.17, 15) is 26.4 Å². The van der Waals surface area contributed by atoms with E-state index in [1.807, 2.05) is 0 Å². The fourth-order valence-electron chi connectivity index (χ4n) is 2.39. The highest BCUT2D eigenvalue weighted by Crippen LogP contribution is 2.40. The Kier molecular flexibility index (Phi) is 5.01. The van der Waals surface area contributed by atoms with Crippen LogP contribution in [0.2, 0.25) is 0 Å². The first-order valence-electron chi connectivity index (χ1n) is 7.65. The second kappa shape index (κ2) is 7.13. The molecule has 1 heterocycles. The minimum atomic E-state index is -4.73.